The van der Waals surface area contributed by atoms with E-state index in [2.05, 4.69) is 25.3 Å². The van der Waals surface area contributed by atoms with Crippen molar-refractivity contribution in [3.63, 3.8) is 0 Å². The second kappa shape index (κ2) is 5.93. The average Bonchev–Trinajstić information content (AvgIpc) is 2.82. The van der Waals surface area contributed by atoms with E-state index in [0.717, 1.165) is 0 Å². The van der Waals surface area contributed by atoms with Gasteiger partial charge in [0, 0.05) is 0 Å². The van der Waals surface area contributed by atoms with Crippen LogP contribution in [-0.4, -0.2) is 73.5 Å². The number of aliphatic hydroxyl groups excluding tert-OH is 3. The molecule has 0 amide bonds. The number of hydrogen-bond donors (Lipinski definition) is 4. The third-order valence-electron chi connectivity index (χ3n) is 3.40. The second-order valence-corrected chi connectivity index (χ2v) is 4.71. The first-order valence-electron chi connectivity index (χ1n) is 6.54. The van der Waals surface area contributed by atoms with E-state index in [-0.39, 0.29) is 5.88 Å². The fourth-order valence-corrected chi connectivity index (χ4v) is 2.27. The Kier molecular flexibility index (Phi) is 3.98. The first kappa shape index (κ1) is 14.8. The summed E-state index contributed by atoms with van der Waals surface area (Å²) >= 11 is 0. The predicted molar refractivity (Wildman–Crippen MR) is 73.1 cm³/mol. The van der Waals surface area contributed by atoms with Gasteiger partial charge in [-0.15, -0.1) is 0 Å². The SMILES string of the molecule is COc1ncnc2c(N[C@@H]3O[C@H](CO)[C@@H](O)[C@H]3O)ncnc12. The van der Waals surface area contributed by atoms with Crippen molar-refractivity contribution in [2.24, 2.45) is 0 Å². The molecule has 2 aromatic heterocycles. The topological polar surface area (TPSA) is 143 Å². The van der Waals surface area contributed by atoms with Gasteiger partial charge in [-0.1, -0.05) is 0 Å². The Balaban J connectivity index is 1.92. The van der Waals surface area contributed by atoms with Crippen LogP contribution < -0.4 is 10.1 Å². The molecule has 22 heavy (non-hydrogen) atoms. The zero-order valence-electron chi connectivity index (χ0n) is 11.6. The monoisotopic (exact) mass is 309 g/mol. The molecule has 0 saturated carbocycles. The largest absolute Gasteiger partial charge is 0.479 e. The summed E-state index contributed by atoms with van der Waals surface area (Å²) in [6.45, 7) is -0.406. The molecule has 1 aliphatic rings. The molecular formula is C12H15N5O5. The van der Waals surface area contributed by atoms with Gasteiger partial charge in [0.2, 0.25) is 5.88 Å². The first-order chi connectivity index (χ1) is 10.7. The van der Waals surface area contributed by atoms with Crippen molar-refractivity contribution < 1.29 is 24.8 Å². The summed E-state index contributed by atoms with van der Waals surface area (Å²) in [4.78, 5) is 16.1. The molecule has 2 aromatic rings. The van der Waals surface area contributed by atoms with Crippen molar-refractivity contribution in [2.75, 3.05) is 19.0 Å². The predicted octanol–water partition coefficient (Wildman–Crippen LogP) is -1.72. The molecule has 10 heteroatoms. The van der Waals surface area contributed by atoms with E-state index in [1.807, 2.05) is 0 Å². The number of aromatic nitrogens is 4. The van der Waals surface area contributed by atoms with E-state index in [9.17, 15) is 10.2 Å². The molecule has 0 aromatic carbocycles. The van der Waals surface area contributed by atoms with E-state index in [1.54, 1.807) is 0 Å². The summed E-state index contributed by atoms with van der Waals surface area (Å²) < 4.78 is 10.5. The molecule has 1 saturated heterocycles. The fraction of sp³-hybridized carbons (Fsp3) is 0.500. The van der Waals surface area contributed by atoms with Gasteiger partial charge in [-0.2, -0.15) is 4.98 Å². The van der Waals surface area contributed by atoms with Gasteiger partial charge in [-0.05, 0) is 0 Å². The van der Waals surface area contributed by atoms with Gasteiger partial charge < -0.3 is 30.1 Å². The maximum atomic E-state index is 9.94. The summed E-state index contributed by atoms with van der Waals surface area (Å²) in [5.74, 6) is 0.581. The van der Waals surface area contributed by atoms with Crippen molar-refractivity contribution in [2.45, 2.75) is 24.5 Å². The van der Waals surface area contributed by atoms with Crippen LogP contribution in [0.5, 0.6) is 5.88 Å². The molecule has 0 spiro atoms. The van der Waals surface area contributed by atoms with Crippen LogP contribution in [0.15, 0.2) is 12.7 Å². The molecule has 0 unspecified atom stereocenters. The quantitative estimate of drug-likeness (QED) is 0.515. The van der Waals surface area contributed by atoms with Crippen LogP contribution in [0.4, 0.5) is 5.82 Å². The van der Waals surface area contributed by atoms with Crippen molar-refractivity contribution in [3.8, 4) is 5.88 Å². The number of nitrogens with one attached hydrogen (secondary N) is 1. The van der Waals surface area contributed by atoms with Gasteiger partial charge in [0.1, 0.15) is 36.5 Å². The number of hydrogen-bond acceptors (Lipinski definition) is 10. The second-order valence-electron chi connectivity index (χ2n) is 4.71. The van der Waals surface area contributed by atoms with Gasteiger partial charge in [-0.3, -0.25) is 0 Å². The van der Waals surface area contributed by atoms with Gasteiger partial charge in [-0.25, -0.2) is 15.0 Å². The van der Waals surface area contributed by atoms with Gasteiger partial charge >= 0.3 is 0 Å². The minimum Gasteiger partial charge on any atom is -0.479 e. The van der Waals surface area contributed by atoms with Gasteiger partial charge in [0.05, 0.1) is 13.7 Å². The highest BCUT2D eigenvalue weighted by Gasteiger charge is 2.42. The molecule has 0 radical (unpaired) electrons. The number of methoxy groups -OCH3 is 1. The van der Waals surface area contributed by atoms with Crippen LogP contribution in [0.25, 0.3) is 11.0 Å². The maximum absolute atomic E-state index is 9.94. The third kappa shape index (κ3) is 2.41. The Morgan fingerprint density at radius 3 is 2.55 bits per heavy atom. The molecule has 10 nitrogen and oxygen atoms in total. The number of ether oxygens (including phenoxy) is 2. The summed E-state index contributed by atoms with van der Waals surface area (Å²) in [6.07, 6.45) is -1.63. The summed E-state index contributed by atoms with van der Waals surface area (Å²) in [5, 5.41) is 31.6. The van der Waals surface area contributed by atoms with Crippen molar-refractivity contribution in [3.05, 3.63) is 12.7 Å². The Hall–Kier alpha value is -2.14. The number of rotatable bonds is 4. The Bertz CT molecular complexity index is 671. The average molecular weight is 309 g/mol. The van der Waals surface area contributed by atoms with E-state index in [1.165, 1.54) is 19.8 Å². The Labute approximate surface area is 124 Å². The first-order valence-corrected chi connectivity index (χ1v) is 6.54. The molecule has 4 atom stereocenters. The third-order valence-corrected chi connectivity index (χ3v) is 3.40. The van der Waals surface area contributed by atoms with Crippen molar-refractivity contribution in [1.29, 1.82) is 0 Å². The highest BCUT2D eigenvalue weighted by atomic mass is 16.6. The van der Waals surface area contributed by atoms with E-state index < -0.39 is 31.1 Å². The molecule has 0 bridgehead atoms. The number of anilines is 1. The Morgan fingerprint density at radius 1 is 1.14 bits per heavy atom. The molecule has 1 fully saturated rings. The molecule has 1 aliphatic heterocycles. The fourth-order valence-electron chi connectivity index (χ4n) is 2.27. The zero-order valence-corrected chi connectivity index (χ0v) is 11.6. The molecule has 3 heterocycles. The molecular weight excluding hydrogens is 294 g/mol. The lowest BCUT2D eigenvalue weighted by Gasteiger charge is -2.17. The maximum Gasteiger partial charge on any atom is 0.243 e. The van der Waals surface area contributed by atoms with Crippen LogP contribution >= 0.6 is 0 Å². The lowest BCUT2D eigenvalue weighted by Crippen LogP contribution is -2.36. The van der Waals surface area contributed by atoms with E-state index in [0.29, 0.717) is 16.9 Å². The molecule has 3 rings (SSSR count). The molecule has 0 aliphatic carbocycles. The molecule has 118 valence electrons. The van der Waals surface area contributed by atoms with Crippen LogP contribution in [-0.2, 0) is 4.74 Å². The zero-order chi connectivity index (χ0) is 15.7. The highest BCUT2D eigenvalue weighted by Crippen LogP contribution is 2.26. The number of nitrogens with zero attached hydrogens (tertiary/aromatic N) is 4. The van der Waals surface area contributed by atoms with Gasteiger partial charge in [0.15, 0.2) is 17.6 Å². The summed E-state index contributed by atoms with van der Waals surface area (Å²) in [5.41, 5.74) is 0.779. The van der Waals surface area contributed by atoms with E-state index >= 15 is 0 Å². The lowest BCUT2D eigenvalue weighted by atomic mass is 10.1. The minimum atomic E-state index is -1.22. The van der Waals surface area contributed by atoms with E-state index in [4.69, 9.17) is 14.6 Å². The smallest absolute Gasteiger partial charge is 0.243 e. The molecule has 4 N–H and O–H groups in total. The number of aliphatic hydroxyl groups is 3. The van der Waals surface area contributed by atoms with Crippen molar-refractivity contribution >= 4 is 16.9 Å². The van der Waals surface area contributed by atoms with Gasteiger partial charge in [0.25, 0.3) is 0 Å². The highest BCUT2D eigenvalue weighted by molar-refractivity contribution is 5.87. The van der Waals surface area contributed by atoms with Crippen LogP contribution in [0.2, 0.25) is 0 Å². The van der Waals surface area contributed by atoms with Crippen LogP contribution in [0.1, 0.15) is 0 Å². The van der Waals surface area contributed by atoms with Crippen molar-refractivity contribution in [1.82, 2.24) is 19.9 Å². The minimum absolute atomic E-state index is 0.289. The lowest BCUT2D eigenvalue weighted by molar-refractivity contribution is -0.0153. The standard InChI is InChI=1S/C12H15N5O5/c1-21-11-7-6(13-4-16-11)10(15-3-14-7)17-12-9(20)8(19)5(2-18)22-12/h3-5,8-9,12,18-20H,2H2,1H3,(H,14,15,17)/t5-,8-,9-,12-/m1/s1. The van der Waals surface area contributed by atoms with Crippen LogP contribution in [0, 0.1) is 0 Å². The summed E-state index contributed by atoms with van der Waals surface area (Å²) in [6, 6.07) is 0. The normalized spacial score (nSPS) is 28.0. The van der Waals surface area contributed by atoms with Crippen LogP contribution in [0.3, 0.4) is 0 Å². The Morgan fingerprint density at radius 2 is 1.86 bits per heavy atom. The number of fused-ring (bicyclic) bond motifs is 1. The summed E-state index contributed by atoms with van der Waals surface area (Å²) in [7, 11) is 1.46.